The molecule has 12 nitrogen and oxygen atoms in total. The number of carbonyl (C=O) groups excluding carboxylic acids is 1. The van der Waals surface area contributed by atoms with Gasteiger partial charge in [-0.1, -0.05) is 0 Å². The zero-order valence-electron chi connectivity index (χ0n) is 21.0. The number of amides is 1. The Kier molecular flexibility index (Phi) is 5.64. The quantitative estimate of drug-likeness (QED) is 0.265. The fourth-order valence-electron chi connectivity index (χ4n) is 5.37. The van der Waals surface area contributed by atoms with Gasteiger partial charge in [-0.25, -0.2) is 23.9 Å². The maximum atomic E-state index is 14.9. The van der Waals surface area contributed by atoms with Crippen LogP contribution in [0.15, 0.2) is 36.8 Å². The van der Waals surface area contributed by atoms with Gasteiger partial charge in [0.15, 0.2) is 17.2 Å². The Morgan fingerprint density at radius 2 is 1.82 bits per heavy atom. The van der Waals surface area contributed by atoms with E-state index in [0.717, 1.165) is 12.1 Å². The summed E-state index contributed by atoms with van der Waals surface area (Å²) in [4.78, 5) is 27.0. The van der Waals surface area contributed by atoms with Gasteiger partial charge >= 0.3 is 12.7 Å². The van der Waals surface area contributed by atoms with Crippen molar-refractivity contribution in [2.45, 2.75) is 50.5 Å². The van der Waals surface area contributed by atoms with Crippen LogP contribution in [0.1, 0.15) is 65.2 Å². The lowest BCUT2D eigenvalue weighted by Crippen LogP contribution is -2.53. The van der Waals surface area contributed by atoms with E-state index in [1.54, 1.807) is 26.1 Å². The fourth-order valence-corrected chi connectivity index (χ4v) is 5.37. The van der Waals surface area contributed by atoms with Gasteiger partial charge in [0.1, 0.15) is 5.82 Å². The van der Waals surface area contributed by atoms with E-state index >= 15 is 0 Å². The van der Waals surface area contributed by atoms with Crippen molar-refractivity contribution < 1.29 is 38.0 Å². The molecule has 1 aliphatic heterocycles. The second kappa shape index (κ2) is 8.66. The number of ether oxygens (including phenoxy) is 1. The van der Waals surface area contributed by atoms with Crippen molar-refractivity contribution in [3.05, 3.63) is 70.8 Å². The normalized spacial score (nSPS) is 18.8. The molecule has 3 aromatic heterocycles. The summed E-state index contributed by atoms with van der Waals surface area (Å²) in [5, 5.41) is 34.9. The first-order valence-electron chi connectivity index (χ1n) is 12.0. The highest BCUT2D eigenvalue weighted by atomic mass is 19.3. The van der Waals surface area contributed by atoms with Crippen molar-refractivity contribution in [2.75, 3.05) is 0 Å². The van der Waals surface area contributed by atoms with Crippen molar-refractivity contribution >= 4 is 11.6 Å². The lowest BCUT2D eigenvalue weighted by atomic mass is 9.89. The number of nitrogens with two attached hydrogens (primary N) is 1. The van der Waals surface area contributed by atoms with E-state index in [0.29, 0.717) is 27.5 Å². The molecular formula is C25H22F3N7O5. The predicted molar refractivity (Wildman–Crippen MR) is 129 cm³/mol. The molecule has 208 valence electrons. The zero-order valence-corrected chi connectivity index (χ0v) is 21.0. The van der Waals surface area contributed by atoms with Gasteiger partial charge in [0.2, 0.25) is 0 Å². The number of carbonyl (C=O) groups is 1. The summed E-state index contributed by atoms with van der Waals surface area (Å²) in [6.45, 7) is 0.0846. The van der Waals surface area contributed by atoms with Gasteiger partial charge in [-0.05, 0) is 38.5 Å². The zero-order chi connectivity index (χ0) is 28.7. The molecule has 2 bridgehead atoms. The average molecular weight is 557 g/mol. The number of aromatic nitrogens is 5. The maximum absolute atomic E-state index is 14.9. The Labute approximate surface area is 223 Å². The van der Waals surface area contributed by atoms with Gasteiger partial charge < -0.3 is 25.8 Å². The van der Waals surface area contributed by atoms with Crippen molar-refractivity contribution in [1.29, 1.82) is 0 Å². The van der Waals surface area contributed by atoms with Crippen LogP contribution in [0.4, 0.5) is 13.2 Å². The number of benzene rings is 1. The molecule has 0 saturated heterocycles. The number of aliphatic hydroxyl groups is 3. The maximum Gasteiger partial charge on any atom is 0.387 e. The molecule has 5 N–H and O–H groups in total. The van der Waals surface area contributed by atoms with Gasteiger partial charge in [0.25, 0.3) is 5.91 Å². The molecule has 2 aliphatic rings. The number of hydrogen-bond donors (Lipinski definition) is 4. The first-order valence-corrected chi connectivity index (χ1v) is 12.0. The Morgan fingerprint density at radius 3 is 2.45 bits per heavy atom. The van der Waals surface area contributed by atoms with Crippen LogP contribution in [0.2, 0.25) is 0 Å². The topological polar surface area (TPSA) is 172 Å². The SMILES string of the molecule is CC(C)(N)c1ncc(-c2ccn3nc4c(c3n2)C2CC4N(C(O)(O)O)C(=O)c3ccc(F)c(OC(F)F)c32)cn1. The second-order valence-corrected chi connectivity index (χ2v) is 10.2. The van der Waals surface area contributed by atoms with Crippen molar-refractivity contribution in [3.63, 3.8) is 0 Å². The Hall–Kier alpha value is -4.18. The van der Waals surface area contributed by atoms with Gasteiger partial charge in [-0.15, -0.1) is 0 Å². The van der Waals surface area contributed by atoms with E-state index in [9.17, 15) is 33.3 Å². The van der Waals surface area contributed by atoms with Gasteiger partial charge in [-0.3, -0.25) is 9.69 Å². The molecular weight excluding hydrogens is 535 g/mol. The summed E-state index contributed by atoms with van der Waals surface area (Å²) in [7, 11) is 0. The first kappa shape index (κ1) is 26.1. The van der Waals surface area contributed by atoms with Gasteiger partial charge in [-0.2, -0.15) is 13.9 Å². The molecule has 0 radical (unpaired) electrons. The molecule has 0 saturated carbocycles. The number of alkyl halides is 2. The molecule has 4 aromatic rings. The van der Waals surface area contributed by atoms with E-state index in [1.807, 2.05) is 0 Å². The van der Waals surface area contributed by atoms with E-state index in [2.05, 4.69) is 24.8 Å². The molecule has 6 rings (SSSR count). The molecule has 15 heteroatoms. The van der Waals surface area contributed by atoms with Crippen molar-refractivity contribution in [2.24, 2.45) is 5.73 Å². The summed E-state index contributed by atoms with van der Waals surface area (Å²) >= 11 is 0. The molecule has 1 amide bonds. The van der Waals surface area contributed by atoms with Crippen LogP contribution in [-0.4, -0.2) is 63.4 Å². The van der Waals surface area contributed by atoms with Crippen LogP contribution in [0.3, 0.4) is 0 Å². The minimum atomic E-state index is -3.65. The summed E-state index contributed by atoms with van der Waals surface area (Å²) in [5.74, 6) is -3.76. The highest BCUT2D eigenvalue weighted by Gasteiger charge is 2.53. The van der Waals surface area contributed by atoms with Crippen LogP contribution in [0.5, 0.6) is 5.75 Å². The summed E-state index contributed by atoms with van der Waals surface area (Å²) in [5.41, 5.74) is 6.24. The van der Waals surface area contributed by atoms with Gasteiger partial charge in [0, 0.05) is 46.8 Å². The van der Waals surface area contributed by atoms with Crippen molar-refractivity contribution in [3.8, 4) is 17.0 Å². The van der Waals surface area contributed by atoms with Gasteiger partial charge in [0.05, 0.1) is 23.0 Å². The molecule has 0 fully saturated rings. The highest BCUT2D eigenvalue weighted by Crippen LogP contribution is 2.55. The van der Waals surface area contributed by atoms with Crippen LogP contribution in [0.25, 0.3) is 16.9 Å². The number of halogens is 3. The van der Waals surface area contributed by atoms with E-state index in [4.69, 9.17) is 5.73 Å². The third kappa shape index (κ3) is 3.97. The molecule has 0 spiro atoms. The van der Waals surface area contributed by atoms with Crippen LogP contribution < -0.4 is 10.5 Å². The Bertz CT molecular complexity index is 1660. The summed E-state index contributed by atoms with van der Waals surface area (Å²) in [6, 6.07) is 2.13. The molecule has 1 aromatic carbocycles. The van der Waals surface area contributed by atoms with E-state index in [1.165, 1.54) is 16.9 Å². The third-order valence-electron chi connectivity index (χ3n) is 6.98. The number of hydrogen-bond acceptors (Lipinski definition) is 10. The largest absolute Gasteiger partial charge is 0.431 e. The molecule has 4 heterocycles. The smallest absolute Gasteiger partial charge is 0.387 e. The summed E-state index contributed by atoms with van der Waals surface area (Å²) in [6.07, 6.45) is 0.800. The number of fused-ring (bicyclic) bond motifs is 9. The average Bonchev–Trinajstić information content (AvgIpc) is 3.36. The molecule has 2 unspecified atom stereocenters. The molecule has 2 atom stereocenters. The fraction of sp³-hybridized carbons (Fsp3) is 0.320. The minimum Gasteiger partial charge on any atom is -0.431 e. The van der Waals surface area contributed by atoms with Crippen molar-refractivity contribution in [1.82, 2.24) is 29.5 Å². The van der Waals surface area contributed by atoms with E-state index in [-0.39, 0.29) is 28.9 Å². The number of rotatable bonds is 5. The summed E-state index contributed by atoms with van der Waals surface area (Å²) < 4.78 is 47.5. The molecule has 40 heavy (non-hydrogen) atoms. The highest BCUT2D eigenvalue weighted by molar-refractivity contribution is 5.98. The Balaban J connectivity index is 1.58. The second-order valence-electron chi connectivity index (χ2n) is 10.2. The standard InChI is InChI=1S/C25H22F3N7O5/c1-24(2,29)22-30-8-10(9-31-22)14-5-6-34-20(32-14)17-12-7-15(18(17)33-34)35(25(37,38)39)21(36)11-3-4-13(26)19(16(11)12)40-23(27)28/h3-6,8-9,12,15,23,37-39H,7,29H2,1-2H3. The molecule has 1 aliphatic carbocycles. The number of nitrogens with zero attached hydrogens (tertiary/aromatic N) is 6. The monoisotopic (exact) mass is 557 g/mol. The van der Waals surface area contributed by atoms with Crippen LogP contribution in [-0.2, 0) is 5.54 Å². The first-order chi connectivity index (χ1) is 18.8. The predicted octanol–water partition coefficient (Wildman–Crippen LogP) is 1.74. The Morgan fingerprint density at radius 1 is 1.12 bits per heavy atom. The van der Waals surface area contributed by atoms with Crippen LogP contribution in [0, 0.1) is 5.82 Å². The minimum absolute atomic E-state index is 0.110. The lowest BCUT2D eigenvalue weighted by Gasteiger charge is -2.34. The van der Waals surface area contributed by atoms with E-state index < -0.39 is 47.7 Å². The van der Waals surface area contributed by atoms with Crippen LogP contribution >= 0.6 is 0 Å². The third-order valence-corrected chi connectivity index (χ3v) is 6.98. The lowest BCUT2D eigenvalue weighted by molar-refractivity contribution is -0.385.